The zero-order chi connectivity index (χ0) is 24.1. The van der Waals surface area contributed by atoms with Crippen LogP contribution < -0.4 is 10.2 Å². The second-order valence-corrected chi connectivity index (χ2v) is 9.34. The van der Waals surface area contributed by atoms with Crippen LogP contribution in [0.4, 0.5) is 0 Å². The number of phenolic OH excluding ortho intramolecular Hbond substituents is 1. The molecule has 172 valence electrons. The van der Waals surface area contributed by atoms with E-state index in [-0.39, 0.29) is 40.7 Å². The van der Waals surface area contributed by atoms with Crippen LogP contribution in [0.25, 0.3) is 11.0 Å². The van der Waals surface area contributed by atoms with Crippen LogP contribution in [0.5, 0.6) is 11.5 Å². The van der Waals surface area contributed by atoms with Gasteiger partial charge in [0.05, 0.1) is 28.6 Å². The maximum absolute atomic E-state index is 13.8. The van der Waals surface area contributed by atoms with Gasteiger partial charge in [-0.3, -0.25) is 9.59 Å². The number of fused-ring (bicyclic) bond motifs is 2. The minimum Gasteiger partial charge on any atom is -0.503 e. The number of hydrogen-bond donors (Lipinski definition) is 1. The minimum atomic E-state index is -0.712. The van der Waals surface area contributed by atoms with Crippen molar-refractivity contribution in [1.29, 1.82) is 0 Å². The molecular weight excluding hydrogens is 498 g/mol. The predicted molar refractivity (Wildman–Crippen MR) is 132 cm³/mol. The molecule has 0 fully saturated rings. The Labute approximate surface area is 204 Å². The molecule has 0 spiro atoms. The normalized spacial score (nSPS) is 15.1. The maximum Gasteiger partial charge on any atom is 0.291 e. The number of aryl methyl sites for hydroxylation is 2. The topological polar surface area (TPSA) is 80.0 Å². The van der Waals surface area contributed by atoms with Crippen molar-refractivity contribution in [2.45, 2.75) is 26.4 Å². The number of nitrogens with zero attached hydrogens (tertiary/aromatic N) is 1. The Kier molecular flexibility index (Phi) is 5.44. The summed E-state index contributed by atoms with van der Waals surface area (Å²) < 4.78 is 11.8. The van der Waals surface area contributed by atoms with Crippen molar-refractivity contribution in [3.8, 4) is 11.5 Å². The largest absolute Gasteiger partial charge is 0.503 e. The van der Waals surface area contributed by atoms with E-state index in [1.54, 1.807) is 23.1 Å². The number of aromatic hydroxyl groups is 1. The van der Waals surface area contributed by atoms with E-state index in [0.717, 1.165) is 16.7 Å². The third kappa shape index (κ3) is 3.47. The molecular formula is C27H22BrNO5. The van der Waals surface area contributed by atoms with Crippen LogP contribution in [-0.2, 0) is 6.54 Å². The molecule has 3 aromatic carbocycles. The Morgan fingerprint density at radius 3 is 2.47 bits per heavy atom. The molecule has 5 rings (SSSR count). The molecule has 0 radical (unpaired) electrons. The summed E-state index contributed by atoms with van der Waals surface area (Å²) in [5.74, 6) is -0.127. The highest BCUT2D eigenvalue weighted by atomic mass is 79.9. The Hall–Kier alpha value is -3.58. The first-order chi connectivity index (χ1) is 16.3. The van der Waals surface area contributed by atoms with E-state index in [2.05, 4.69) is 15.9 Å². The average molecular weight is 520 g/mol. The molecule has 4 aromatic rings. The molecule has 1 unspecified atom stereocenters. The first kappa shape index (κ1) is 22.2. The minimum absolute atomic E-state index is 0.0462. The number of phenols is 1. The SMILES string of the molecule is COc1cc(C2c3c(oc4cc(C)c(C)cc4c3=O)C(=O)N2Cc2ccccc2)cc(Br)c1O. The van der Waals surface area contributed by atoms with Gasteiger partial charge in [0.25, 0.3) is 5.91 Å². The van der Waals surface area contributed by atoms with Crippen LogP contribution >= 0.6 is 15.9 Å². The van der Waals surface area contributed by atoms with Crippen LogP contribution in [0.15, 0.2) is 68.3 Å². The van der Waals surface area contributed by atoms with E-state index in [1.807, 2.05) is 50.2 Å². The van der Waals surface area contributed by atoms with Gasteiger partial charge in [0, 0.05) is 6.54 Å². The van der Waals surface area contributed by atoms with E-state index in [0.29, 0.717) is 21.0 Å². The number of ether oxygens (including phenoxy) is 1. The number of rotatable bonds is 4. The molecule has 0 bridgehead atoms. The van der Waals surface area contributed by atoms with Crippen LogP contribution in [0.2, 0.25) is 0 Å². The van der Waals surface area contributed by atoms with Crippen molar-refractivity contribution in [2.75, 3.05) is 7.11 Å². The molecule has 2 heterocycles. The highest BCUT2D eigenvalue weighted by molar-refractivity contribution is 9.10. The number of carbonyl (C=O) groups excluding carboxylic acids is 1. The quantitative estimate of drug-likeness (QED) is 0.377. The molecule has 0 saturated heterocycles. The van der Waals surface area contributed by atoms with Crippen molar-refractivity contribution < 1.29 is 19.1 Å². The van der Waals surface area contributed by atoms with E-state index >= 15 is 0 Å². The molecule has 1 aromatic heterocycles. The van der Waals surface area contributed by atoms with Gasteiger partial charge < -0.3 is 19.2 Å². The fourth-order valence-electron chi connectivity index (χ4n) is 4.47. The van der Waals surface area contributed by atoms with Crippen molar-refractivity contribution in [3.05, 3.63) is 103 Å². The first-order valence-corrected chi connectivity index (χ1v) is 11.6. The van der Waals surface area contributed by atoms with E-state index < -0.39 is 6.04 Å². The summed E-state index contributed by atoms with van der Waals surface area (Å²) in [5, 5.41) is 10.8. The van der Waals surface area contributed by atoms with Gasteiger partial charge in [0.15, 0.2) is 16.9 Å². The lowest BCUT2D eigenvalue weighted by molar-refractivity contribution is 0.0714. The number of methoxy groups -OCH3 is 1. The Balaban J connectivity index is 1.78. The highest BCUT2D eigenvalue weighted by Crippen LogP contribution is 2.44. The second kappa shape index (κ2) is 8.33. The van der Waals surface area contributed by atoms with Crippen molar-refractivity contribution in [2.24, 2.45) is 0 Å². The smallest absolute Gasteiger partial charge is 0.291 e. The molecule has 7 heteroatoms. The monoisotopic (exact) mass is 519 g/mol. The predicted octanol–water partition coefficient (Wildman–Crippen LogP) is 5.63. The highest BCUT2D eigenvalue weighted by Gasteiger charge is 2.43. The fraction of sp³-hybridized carbons (Fsp3) is 0.185. The lowest BCUT2D eigenvalue weighted by atomic mass is 9.97. The number of amides is 1. The molecule has 1 N–H and O–H groups in total. The molecule has 1 atom stereocenters. The third-order valence-electron chi connectivity index (χ3n) is 6.36. The molecule has 1 amide bonds. The molecule has 6 nitrogen and oxygen atoms in total. The van der Waals surface area contributed by atoms with Gasteiger partial charge in [-0.2, -0.15) is 0 Å². The molecule has 1 aliphatic rings. The fourth-order valence-corrected chi connectivity index (χ4v) is 4.93. The Morgan fingerprint density at radius 1 is 1.06 bits per heavy atom. The van der Waals surface area contributed by atoms with E-state index in [1.165, 1.54) is 7.11 Å². The van der Waals surface area contributed by atoms with E-state index in [4.69, 9.17) is 9.15 Å². The van der Waals surface area contributed by atoms with Gasteiger partial charge in [0.2, 0.25) is 5.76 Å². The zero-order valence-corrected chi connectivity index (χ0v) is 20.5. The van der Waals surface area contributed by atoms with Crippen LogP contribution in [0.3, 0.4) is 0 Å². The van der Waals surface area contributed by atoms with Crippen molar-refractivity contribution in [1.82, 2.24) is 4.90 Å². The van der Waals surface area contributed by atoms with Gasteiger partial charge in [-0.1, -0.05) is 30.3 Å². The number of hydrogen-bond acceptors (Lipinski definition) is 5. The molecule has 34 heavy (non-hydrogen) atoms. The lowest BCUT2D eigenvalue weighted by Gasteiger charge is -2.26. The molecule has 0 aliphatic carbocycles. The Bertz CT molecular complexity index is 1510. The summed E-state index contributed by atoms with van der Waals surface area (Å²) in [4.78, 5) is 29.1. The summed E-state index contributed by atoms with van der Waals surface area (Å²) in [6.07, 6.45) is 0. The van der Waals surface area contributed by atoms with Crippen LogP contribution in [0, 0.1) is 13.8 Å². The van der Waals surface area contributed by atoms with Gasteiger partial charge in [-0.15, -0.1) is 0 Å². The lowest BCUT2D eigenvalue weighted by Crippen LogP contribution is -2.29. The van der Waals surface area contributed by atoms with Crippen LogP contribution in [0.1, 0.15) is 44.4 Å². The number of benzene rings is 3. The molecule has 0 saturated carbocycles. The maximum atomic E-state index is 13.8. The second-order valence-electron chi connectivity index (χ2n) is 8.48. The van der Waals surface area contributed by atoms with Gasteiger partial charge in [-0.25, -0.2) is 0 Å². The summed E-state index contributed by atoms with van der Waals surface area (Å²) in [6.45, 7) is 4.16. The zero-order valence-electron chi connectivity index (χ0n) is 18.9. The number of carbonyl (C=O) groups is 1. The van der Waals surface area contributed by atoms with Crippen molar-refractivity contribution in [3.63, 3.8) is 0 Å². The van der Waals surface area contributed by atoms with Gasteiger partial charge in [0.1, 0.15) is 5.58 Å². The summed E-state index contributed by atoms with van der Waals surface area (Å²) in [7, 11) is 1.45. The number of halogens is 1. The van der Waals surface area contributed by atoms with E-state index in [9.17, 15) is 14.7 Å². The molecule has 1 aliphatic heterocycles. The van der Waals surface area contributed by atoms with Gasteiger partial charge >= 0.3 is 0 Å². The standard InChI is InChI=1S/C27H22BrNO5/c1-14-9-18-20(10-15(14)2)34-26-22(24(18)30)23(17-11-19(28)25(31)21(12-17)33-3)29(27(26)32)13-16-7-5-4-6-8-16/h4-12,23,31H,13H2,1-3H3. The van der Waals surface area contributed by atoms with Crippen LogP contribution in [-0.4, -0.2) is 23.0 Å². The average Bonchev–Trinajstić information content (AvgIpc) is 3.09. The summed E-state index contributed by atoms with van der Waals surface area (Å²) >= 11 is 3.37. The Morgan fingerprint density at radius 2 is 1.76 bits per heavy atom. The first-order valence-electron chi connectivity index (χ1n) is 10.8. The summed E-state index contributed by atoms with van der Waals surface area (Å²) in [5.41, 5.74) is 3.93. The summed E-state index contributed by atoms with van der Waals surface area (Å²) in [6, 6.07) is 15.8. The van der Waals surface area contributed by atoms with Crippen molar-refractivity contribution >= 4 is 32.8 Å². The third-order valence-corrected chi connectivity index (χ3v) is 6.97. The van der Waals surface area contributed by atoms with Gasteiger partial charge in [-0.05, 0) is 76.3 Å².